The lowest BCUT2D eigenvalue weighted by atomic mass is 10.2. The largest absolute Gasteiger partial charge is 0.375 e. The fourth-order valence-corrected chi connectivity index (χ4v) is 2.06. The maximum Gasteiger partial charge on any atom is 0.0724 e. The fourth-order valence-electron chi connectivity index (χ4n) is 1.56. The molecule has 1 aromatic heterocycles. The zero-order chi connectivity index (χ0) is 12.3. The molecule has 0 aliphatic carbocycles. The van der Waals surface area contributed by atoms with E-state index in [1.165, 1.54) is 0 Å². The lowest BCUT2D eigenvalue weighted by molar-refractivity contribution is 0.839. The summed E-state index contributed by atoms with van der Waals surface area (Å²) in [5.74, 6) is 0. The van der Waals surface area contributed by atoms with Crippen molar-refractivity contribution in [2.75, 3.05) is 5.32 Å². The first-order chi connectivity index (χ1) is 8.18. The lowest BCUT2D eigenvalue weighted by Crippen LogP contribution is -2.08. The van der Waals surface area contributed by atoms with Crippen LogP contribution in [-0.4, -0.2) is 4.98 Å². The fraction of sp³-hybridized carbons (Fsp3) is 0.154. The molecule has 0 spiro atoms. The standard InChI is InChI=1S/C13H12Cl2N2/c1-9(12-7-2-3-8-16-12)17-13-10(14)5-4-6-11(13)15/h2-9,17H,1H3. The molecule has 1 unspecified atom stereocenters. The molecule has 0 saturated heterocycles. The van der Waals surface area contributed by atoms with Gasteiger partial charge in [0.1, 0.15) is 0 Å². The van der Waals surface area contributed by atoms with Gasteiger partial charge in [0.2, 0.25) is 0 Å². The van der Waals surface area contributed by atoms with E-state index in [1.54, 1.807) is 18.3 Å². The summed E-state index contributed by atoms with van der Waals surface area (Å²) in [5.41, 5.74) is 1.69. The van der Waals surface area contributed by atoms with Gasteiger partial charge < -0.3 is 5.32 Å². The van der Waals surface area contributed by atoms with E-state index in [4.69, 9.17) is 23.2 Å². The van der Waals surface area contributed by atoms with Gasteiger partial charge in [0.25, 0.3) is 0 Å². The van der Waals surface area contributed by atoms with E-state index in [1.807, 2.05) is 31.2 Å². The van der Waals surface area contributed by atoms with Gasteiger partial charge in [-0.05, 0) is 31.2 Å². The van der Waals surface area contributed by atoms with E-state index in [0.29, 0.717) is 10.0 Å². The highest BCUT2D eigenvalue weighted by atomic mass is 35.5. The van der Waals surface area contributed by atoms with Gasteiger partial charge in [0.15, 0.2) is 0 Å². The van der Waals surface area contributed by atoms with E-state index >= 15 is 0 Å². The van der Waals surface area contributed by atoms with E-state index < -0.39 is 0 Å². The number of nitrogens with one attached hydrogen (secondary N) is 1. The molecule has 0 fully saturated rings. The van der Waals surface area contributed by atoms with Crippen LogP contribution in [0.25, 0.3) is 0 Å². The molecule has 1 heterocycles. The highest BCUT2D eigenvalue weighted by molar-refractivity contribution is 6.39. The third-order valence-electron chi connectivity index (χ3n) is 2.46. The summed E-state index contributed by atoms with van der Waals surface area (Å²) >= 11 is 12.2. The van der Waals surface area contributed by atoms with Crippen molar-refractivity contribution >= 4 is 28.9 Å². The molecule has 4 heteroatoms. The summed E-state index contributed by atoms with van der Waals surface area (Å²) in [6, 6.07) is 11.3. The van der Waals surface area contributed by atoms with E-state index in [-0.39, 0.29) is 6.04 Å². The number of rotatable bonds is 3. The Morgan fingerprint density at radius 1 is 1.06 bits per heavy atom. The Labute approximate surface area is 111 Å². The molecule has 2 rings (SSSR count). The number of para-hydroxylation sites is 1. The first kappa shape index (κ1) is 12.2. The maximum atomic E-state index is 6.09. The summed E-state index contributed by atoms with van der Waals surface area (Å²) in [6.45, 7) is 2.02. The van der Waals surface area contributed by atoms with Crippen molar-refractivity contribution in [1.82, 2.24) is 4.98 Å². The van der Waals surface area contributed by atoms with E-state index in [9.17, 15) is 0 Å². The minimum atomic E-state index is 0.0496. The van der Waals surface area contributed by atoms with Crippen molar-refractivity contribution in [3.63, 3.8) is 0 Å². The predicted octanol–water partition coefficient (Wildman–Crippen LogP) is 4.56. The van der Waals surface area contributed by atoms with Crippen LogP contribution in [0.5, 0.6) is 0 Å². The van der Waals surface area contributed by atoms with Crippen LogP contribution >= 0.6 is 23.2 Å². The van der Waals surface area contributed by atoms with Gasteiger partial charge in [-0.1, -0.05) is 35.3 Å². The number of hydrogen-bond donors (Lipinski definition) is 1. The SMILES string of the molecule is CC(Nc1c(Cl)cccc1Cl)c1ccccn1. The Hall–Kier alpha value is -1.25. The Morgan fingerprint density at radius 3 is 2.35 bits per heavy atom. The molecule has 2 aromatic rings. The average molecular weight is 267 g/mol. The Kier molecular flexibility index (Phi) is 3.87. The van der Waals surface area contributed by atoms with Crippen molar-refractivity contribution in [3.8, 4) is 0 Å². The van der Waals surface area contributed by atoms with Gasteiger partial charge >= 0.3 is 0 Å². The van der Waals surface area contributed by atoms with Crippen molar-refractivity contribution in [2.45, 2.75) is 13.0 Å². The monoisotopic (exact) mass is 266 g/mol. The molecule has 0 saturated carbocycles. The molecule has 17 heavy (non-hydrogen) atoms. The highest BCUT2D eigenvalue weighted by Gasteiger charge is 2.10. The highest BCUT2D eigenvalue weighted by Crippen LogP contribution is 2.32. The van der Waals surface area contributed by atoms with Crippen LogP contribution in [0, 0.1) is 0 Å². The minimum absolute atomic E-state index is 0.0496. The zero-order valence-corrected chi connectivity index (χ0v) is 10.8. The average Bonchev–Trinajstić information content (AvgIpc) is 2.35. The molecule has 1 aromatic carbocycles. The second-order valence-electron chi connectivity index (χ2n) is 3.72. The summed E-state index contributed by atoms with van der Waals surface area (Å²) in [6.07, 6.45) is 1.77. The smallest absolute Gasteiger partial charge is 0.0724 e. The number of benzene rings is 1. The van der Waals surface area contributed by atoms with Gasteiger partial charge in [-0.25, -0.2) is 0 Å². The molecule has 1 N–H and O–H groups in total. The van der Waals surface area contributed by atoms with E-state index in [2.05, 4.69) is 10.3 Å². The first-order valence-corrected chi connectivity index (χ1v) is 6.05. The number of anilines is 1. The van der Waals surface area contributed by atoms with Gasteiger partial charge in [-0.2, -0.15) is 0 Å². The molecule has 0 amide bonds. The Bertz CT molecular complexity index is 480. The maximum absolute atomic E-state index is 6.09. The lowest BCUT2D eigenvalue weighted by Gasteiger charge is -2.16. The van der Waals surface area contributed by atoms with Crippen molar-refractivity contribution < 1.29 is 0 Å². The van der Waals surface area contributed by atoms with Crippen LogP contribution in [0.15, 0.2) is 42.6 Å². The quantitative estimate of drug-likeness (QED) is 0.881. The van der Waals surface area contributed by atoms with Gasteiger partial charge in [-0.15, -0.1) is 0 Å². The molecule has 0 aliphatic heterocycles. The molecule has 88 valence electrons. The van der Waals surface area contributed by atoms with Crippen molar-refractivity contribution in [1.29, 1.82) is 0 Å². The molecule has 0 aliphatic rings. The summed E-state index contributed by atoms with van der Waals surface area (Å²) in [5, 5.41) is 4.49. The van der Waals surface area contributed by atoms with E-state index in [0.717, 1.165) is 11.4 Å². The van der Waals surface area contributed by atoms with Crippen LogP contribution in [0.2, 0.25) is 10.0 Å². The summed E-state index contributed by atoms with van der Waals surface area (Å²) in [7, 11) is 0. The first-order valence-electron chi connectivity index (χ1n) is 5.30. The molecule has 2 nitrogen and oxygen atoms in total. The van der Waals surface area contributed by atoms with Crippen LogP contribution in [-0.2, 0) is 0 Å². The minimum Gasteiger partial charge on any atom is -0.375 e. The van der Waals surface area contributed by atoms with Crippen LogP contribution < -0.4 is 5.32 Å². The molecular formula is C13H12Cl2N2. The summed E-state index contributed by atoms with van der Waals surface area (Å²) < 4.78 is 0. The normalized spacial score (nSPS) is 12.2. The summed E-state index contributed by atoms with van der Waals surface area (Å²) in [4.78, 5) is 4.29. The van der Waals surface area contributed by atoms with Crippen LogP contribution in [0.3, 0.4) is 0 Å². The number of hydrogen-bond acceptors (Lipinski definition) is 2. The van der Waals surface area contributed by atoms with Crippen LogP contribution in [0.4, 0.5) is 5.69 Å². The molecule has 0 radical (unpaired) electrons. The van der Waals surface area contributed by atoms with Crippen molar-refractivity contribution in [2.24, 2.45) is 0 Å². The Balaban J connectivity index is 2.22. The number of halogens is 2. The van der Waals surface area contributed by atoms with Gasteiger partial charge in [-0.3, -0.25) is 4.98 Å². The second-order valence-corrected chi connectivity index (χ2v) is 4.53. The van der Waals surface area contributed by atoms with Crippen molar-refractivity contribution in [3.05, 3.63) is 58.3 Å². The van der Waals surface area contributed by atoms with Gasteiger partial charge in [0, 0.05) is 6.20 Å². The van der Waals surface area contributed by atoms with Crippen LogP contribution in [0.1, 0.15) is 18.7 Å². The second kappa shape index (κ2) is 5.39. The predicted molar refractivity (Wildman–Crippen MR) is 72.7 cm³/mol. The molecular weight excluding hydrogens is 255 g/mol. The zero-order valence-electron chi connectivity index (χ0n) is 9.32. The third kappa shape index (κ3) is 2.90. The number of nitrogens with zero attached hydrogens (tertiary/aromatic N) is 1. The van der Waals surface area contributed by atoms with Gasteiger partial charge in [0.05, 0.1) is 27.5 Å². The molecule has 1 atom stereocenters. The molecule has 0 bridgehead atoms. The third-order valence-corrected chi connectivity index (χ3v) is 3.08. The Morgan fingerprint density at radius 2 is 1.76 bits per heavy atom. The topological polar surface area (TPSA) is 24.9 Å². The number of aromatic nitrogens is 1. The number of pyridine rings is 1.